The first-order valence-corrected chi connectivity index (χ1v) is 5.74. The number of benzene rings is 1. The summed E-state index contributed by atoms with van der Waals surface area (Å²) < 4.78 is 5.24. The number of aliphatic carboxylic acids is 1. The summed E-state index contributed by atoms with van der Waals surface area (Å²) in [5.74, 6) is -0.180. The number of rotatable bonds is 3. The fourth-order valence-corrected chi connectivity index (χ4v) is 2.24. The van der Waals surface area contributed by atoms with Crippen LogP contribution in [0.4, 0.5) is 0 Å². The second-order valence-corrected chi connectivity index (χ2v) is 4.47. The van der Waals surface area contributed by atoms with Gasteiger partial charge in [-0.15, -0.1) is 0 Å². The maximum absolute atomic E-state index is 10.5. The highest BCUT2D eigenvalue weighted by Crippen LogP contribution is 2.38. The monoisotopic (exact) mass is 236 g/mol. The Balaban J connectivity index is 2.27. The molecule has 2 atom stereocenters. The third kappa shape index (κ3) is 2.42. The SMILES string of the molecule is C[C@H]1CCc2c(OCC(=O)O)cccc2[C@H]1O. The number of aliphatic hydroxyl groups excluding tert-OH is 1. The van der Waals surface area contributed by atoms with Crippen LogP contribution in [0.25, 0.3) is 0 Å². The molecular formula is C13H16O4. The molecule has 0 amide bonds. The number of hydrogen-bond acceptors (Lipinski definition) is 3. The topological polar surface area (TPSA) is 66.8 Å². The van der Waals surface area contributed by atoms with Crippen LogP contribution in [0.15, 0.2) is 18.2 Å². The lowest BCUT2D eigenvalue weighted by molar-refractivity contribution is -0.139. The summed E-state index contributed by atoms with van der Waals surface area (Å²) in [6, 6.07) is 5.42. The second-order valence-electron chi connectivity index (χ2n) is 4.47. The van der Waals surface area contributed by atoms with E-state index in [9.17, 15) is 9.90 Å². The smallest absolute Gasteiger partial charge is 0.341 e. The number of fused-ring (bicyclic) bond motifs is 1. The fourth-order valence-electron chi connectivity index (χ4n) is 2.24. The van der Waals surface area contributed by atoms with E-state index in [1.54, 1.807) is 12.1 Å². The standard InChI is InChI=1S/C13H16O4/c1-8-5-6-9-10(13(8)16)3-2-4-11(9)17-7-12(14)15/h2-4,8,13,16H,5-7H2,1H3,(H,14,15)/t8-,13-/m0/s1. The molecule has 92 valence electrons. The zero-order valence-electron chi connectivity index (χ0n) is 9.72. The van der Waals surface area contributed by atoms with Crippen LogP contribution in [-0.4, -0.2) is 22.8 Å². The van der Waals surface area contributed by atoms with Gasteiger partial charge in [-0.3, -0.25) is 0 Å². The van der Waals surface area contributed by atoms with Gasteiger partial charge in [0.05, 0.1) is 6.10 Å². The van der Waals surface area contributed by atoms with E-state index in [2.05, 4.69) is 0 Å². The second kappa shape index (κ2) is 4.75. The van der Waals surface area contributed by atoms with E-state index in [4.69, 9.17) is 9.84 Å². The third-order valence-corrected chi connectivity index (χ3v) is 3.23. The Kier molecular flexibility index (Phi) is 3.33. The van der Waals surface area contributed by atoms with Crippen molar-refractivity contribution in [1.82, 2.24) is 0 Å². The molecule has 0 aliphatic heterocycles. The molecule has 2 N–H and O–H groups in total. The molecule has 0 spiro atoms. The molecule has 0 radical (unpaired) electrons. The lowest BCUT2D eigenvalue weighted by atomic mass is 9.82. The predicted octanol–water partition coefficient (Wildman–Crippen LogP) is 1.77. The summed E-state index contributed by atoms with van der Waals surface area (Å²) in [6.07, 6.45) is 1.23. The van der Waals surface area contributed by atoms with E-state index < -0.39 is 12.1 Å². The normalized spacial score (nSPS) is 22.9. The zero-order valence-corrected chi connectivity index (χ0v) is 9.72. The Hall–Kier alpha value is -1.55. The van der Waals surface area contributed by atoms with E-state index in [1.807, 2.05) is 13.0 Å². The number of hydrogen-bond donors (Lipinski definition) is 2. The van der Waals surface area contributed by atoms with Gasteiger partial charge in [0.15, 0.2) is 6.61 Å². The molecule has 4 heteroatoms. The molecule has 1 aromatic rings. The molecule has 4 nitrogen and oxygen atoms in total. The highest BCUT2D eigenvalue weighted by Gasteiger charge is 2.26. The lowest BCUT2D eigenvalue weighted by Gasteiger charge is -2.28. The van der Waals surface area contributed by atoms with Crippen molar-refractivity contribution in [2.24, 2.45) is 5.92 Å². The van der Waals surface area contributed by atoms with Crippen molar-refractivity contribution in [3.63, 3.8) is 0 Å². The number of aliphatic hydroxyl groups is 1. The third-order valence-electron chi connectivity index (χ3n) is 3.23. The Labute approximate surface area is 99.8 Å². The predicted molar refractivity (Wildman–Crippen MR) is 62.0 cm³/mol. The molecule has 17 heavy (non-hydrogen) atoms. The molecular weight excluding hydrogens is 220 g/mol. The first-order valence-electron chi connectivity index (χ1n) is 5.74. The van der Waals surface area contributed by atoms with Gasteiger partial charge in [0.1, 0.15) is 5.75 Å². The maximum Gasteiger partial charge on any atom is 0.341 e. The van der Waals surface area contributed by atoms with Crippen molar-refractivity contribution in [2.75, 3.05) is 6.61 Å². The largest absolute Gasteiger partial charge is 0.482 e. The van der Waals surface area contributed by atoms with Crippen molar-refractivity contribution < 1.29 is 19.7 Å². The highest BCUT2D eigenvalue weighted by molar-refractivity contribution is 5.68. The van der Waals surface area contributed by atoms with Crippen molar-refractivity contribution >= 4 is 5.97 Å². The van der Waals surface area contributed by atoms with E-state index in [1.165, 1.54) is 0 Å². The van der Waals surface area contributed by atoms with Crippen molar-refractivity contribution in [3.8, 4) is 5.75 Å². The van der Waals surface area contributed by atoms with E-state index in [0.29, 0.717) is 5.75 Å². The minimum absolute atomic E-state index is 0.234. The summed E-state index contributed by atoms with van der Waals surface area (Å²) in [5.41, 5.74) is 1.81. The van der Waals surface area contributed by atoms with E-state index in [0.717, 1.165) is 24.0 Å². The van der Waals surface area contributed by atoms with Crippen LogP contribution in [-0.2, 0) is 11.2 Å². The van der Waals surface area contributed by atoms with E-state index in [-0.39, 0.29) is 12.5 Å². The summed E-state index contributed by atoms with van der Waals surface area (Å²) in [6.45, 7) is 1.67. The van der Waals surface area contributed by atoms with Gasteiger partial charge in [-0.1, -0.05) is 19.1 Å². The molecule has 0 aromatic heterocycles. The van der Waals surface area contributed by atoms with Crippen LogP contribution in [0.2, 0.25) is 0 Å². The summed E-state index contributed by atoms with van der Waals surface area (Å²) >= 11 is 0. The summed E-state index contributed by atoms with van der Waals surface area (Å²) in [5, 5.41) is 18.7. The van der Waals surface area contributed by atoms with Gasteiger partial charge in [-0.05, 0) is 36.0 Å². The van der Waals surface area contributed by atoms with Crippen LogP contribution < -0.4 is 4.74 Å². The summed E-state index contributed by atoms with van der Waals surface area (Å²) in [4.78, 5) is 10.5. The molecule has 1 aliphatic carbocycles. The first kappa shape index (κ1) is 11.9. The first-order chi connectivity index (χ1) is 8.09. The van der Waals surface area contributed by atoms with Crippen LogP contribution in [0, 0.1) is 5.92 Å². The van der Waals surface area contributed by atoms with Crippen LogP contribution >= 0.6 is 0 Å². The van der Waals surface area contributed by atoms with Gasteiger partial charge in [-0.2, -0.15) is 0 Å². The number of carboxylic acid groups (broad SMARTS) is 1. The summed E-state index contributed by atoms with van der Waals surface area (Å²) in [7, 11) is 0. The fraction of sp³-hybridized carbons (Fsp3) is 0.462. The van der Waals surface area contributed by atoms with Gasteiger partial charge in [0.2, 0.25) is 0 Å². The zero-order chi connectivity index (χ0) is 12.4. The van der Waals surface area contributed by atoms with Crippen LogP contribution in [0.3, 0.4) is 0 Å². The quantitative estimate of drug-likeness (QED) is 0.839. The van der Waals surface area contributed by atoms with Gasteiger partial charge in [0.25, 0.3) is 0 Å². The van der Waals surface area contributed by atoms with Gasteiger partial charge >= 0.3 is 5.97 Å². The molecule has 1 aliphatic rings. The molecule has 0 unspecified atom stereocenters. The highest BCUT2D eigenvalue weighted by atomic mass is 16.5. The van der Waals surface area contributed by atoms with Crippen LogP contribution in [0.1, 0.15) is 30.6 Å². The number of carbonyl (C=O) groups is 1. The number of ether oxygens (including phenoxy) is 1. The molecule has 0 saturated carbocycles. The van der Waals surface area contributed by atoms with Gasteiger partial charge in [0, 0.05) is 0 Å². The average molecular weight is 236 g/mol. The Morgan fingerprint density at radius 2 is 2.29 bits per heavy atom. The maximum atomic E-state index is 10.5. The number of carboxylic acids is 1. The van der Waals surface area contributed by atoms with Crippen molar-refractivity contribution in [3.05, 3.63) is 29.3 Å². The van der Waals surface area contributed by atoms with Crippen molar-refractivity contribution in [2.45, 2.75) is 25.9 Å². The molecule has 0 fully saturated rings. The average Bonchev–Trinajstić information content (AvgIpc) is 2.31. The molecule has 0 heterocycles. The lowest BCUT2D eigenvalue weighted by Crippen LogP contribution is -2.19. The minimum Gasteiger partial charge on any atom is -0.482 e. The molecule has 2 rings (SSSR count). The Morgan fingerprint density at radius 1 is 1.53 bits per heavy atom. The Morgan fingerprint density at radius 3 is 3.00 bits per heavy atom. The molecule has 0 bridgehead atoms. The molecule has 1 aromatic carbocycles. The Bertz CT molecular complexity index is 427. The molecule has 0 saturated heterocycles. The van der Waals surface area contributed by atoms with Gasteiger partial charge < -0.3 is 14.9 Å². The van der Waals surface area contributed by atoms with Gasteiger partial charge in [-0.25, -0.2) is 4.79 Å². The van der Waals surface area contributed by atoms with Crippen LogP contribution in [0.5, 0.6) is 5.75 Å². The minimum atomic E-state index is -0.993. The van der Waals surface area contributed by atoms with Crippen molar-refractivity contribution in [1.29, 1.82) is 0 Å². The van der Waals surface area contributed by atoms with E-state index >= 15 is 0 Å².